The maximum Gasteiger partial charge on any atom is 0.270 e. The van der Waals surface area contributed by atoms with E-state index in [2.05, 4.69) is 10.3 Å². The van der Waals surface area contributed by atoms with E-state index in [1.807, 2.05) is 0 Å². The van der Waals surface area contributed by atoms with Gasteiger partial charge in [-0.3, -0.25) is 20.2 Å². The molecule has 0 atom stereocenters. The molecule has 0 saturated heterocycles. The molecule has 1 N–H and O–H groups in total. The number of amides is 1. The largest absolute Gasteiger partial charge is 0.298 e. The van der Waals surface area contributed by atoms with Crippen molar-refractivity contribution in [3.63, 3.8) is 0 Å². The van der Waals surface area contributed by atoms with E-state index < -0.39 is 4.92 Å². The lowest BCUT2D eigenvalue weighted by atomic mass is 10.1. The van der Waals surface area contributed by atoms with Gasteiger partial charge < -0.3 is 0 Å². The van der Waals surface area contributed by atoms with Gasteiger partial charge in [0.2, 0.25) is 5.91 Å². The number of carbonyl (C=O) groups excluding carboxylic acids is 1. The maximum atomic E-state index is 12.9. The Kier molecular flexibility index (Phi) is 5.68. The van der Waals surface area contributed by atoms with Gasteiger partial charge in [0, 0.05) is 35.7 Å². The second kappa shape index (κ2) is 8.33. The van der Waals surface area contributed by atoms with E-state index in [0.29, 0.717) is 17.1 Å². The Morgan fingerprint density at radius 1 is 1.26 bits per heavy atom. The number of hydrogen-bond acceptors (Lipinski definition) is 5. The summed E-state index contributed by atoms with van der Waals surface area (Å²) in [4.78, 5) is 27.4. The topological polar surface area (TPSA) is 85.1 Å². The van der Waals surface area contributed by atoms with E-state index in [1.54, 1.807) is 30.5 Å². The molecule has 0 unspecified atom stereocenters. The normalized spacial score (nSPS) is 10.9. The number of carbonyl (C=O) groups is 1. The summed E-state index contributed by atoms with van der Waals surface area (Å²) in [6.07, 6.45) is 5.04. The van der Waals surface area contributed by atoms with Crippen LogP contribution in [-0.2, 0) is 11.2 Å². The average molecular weight is 383 g/mol. The summed E-state index contributed by atoms with van der Waals surface area (Å²) >= 11 is 1.33. The lowest BCUT2D eigenvalue weighted by molar-refractivity contribution is -0.384. The SMILES string of the molecule is O=C(C=Cc1cccc([N+](=O)[O-])c1)Nc1ncc(Cc2ccc(F)cc2)s1. The Morgan fingerprint density at radius 3 is 2.78 bits per heavy atom. The maximum absolute atomic E-state index is 12.9. The Labute approximate surface area is 158 Å². The molecule has 0 radical (unpaired) electrons. The first-order chi connectivity index (χ1) is 13.0. The second-order valence-electron chi connectivity index (χ2n) is 5.61. The van der Waals surface area contributed by atoms with E-state index in [4.69, 9.17) is 0 Å². The minimum absolute atomic E-state index is 0.0390. The van der Waals surface area contributed by atoms with Crippen LogP contribution >= 0.6 is 11.3 Å². The van der Waals surface area contributed by atoms with Crippen LogP contribution in [0.4, 0.5) is 15.2 Å². The van der Waals surface area contributed by atoms with Gasteiger partial charge in [0.25, 0.3) is 5.69 Å². The zero-order valence-electron chi connectivity index (χ0n) is 14.0. The highest BCUT2D eigenvalue weighted by Gasteiger charge is 2.07. The number of benzene rings is 2. The Balaban J connectivity index is 1.59. The van der Waals surface area contributed by atoms with Gasteiger partial charge >= 0.3 is 0 Å². The second-order valence-corrected chi connectivity index (χ2v) is 6.72. The fourth-order valence-corrected chi connectivity index (χ4v) is 3.16. The number of hydrogen-bond donors (Lipinski definition) is 1. The van der Waals surface area contributed by atoms with Gasteiger partial charge in [-0.1, -0.05) is 24.3 Å². The van der Waals surface area contributed by atoms with Crippen molar-refractivity contribution in [1.82, 2.24) is 4.98 Å². The first kappa shape index (κ1) is 18.4. The minimum atomic E-state index is -0.490. The fourth-order valence-electron chi connectivity index (χ4n) is 2.31. The molecule has 3 aromatic rings. The molecule has 0 aliphatic rings. The zero-order valence-corrected chi connectivity index (χ0v) is 14.8. The van der Waals surface area contributed by atoms with Crippen molar-refractivity contribution in [3.05, 3.63) is 92.7 Å². The lowest BCUT2D eigenvalue weighted by Crippen LogP contribution is -2.07. The highest BCUT2D eigenvalue weighted by atomic mass is 32.1. The number of nitro benzene ring substituents is 1. The first-order valence-electron chi connectivity index (χ1n) is 7.92. The zero-order chi connectivity index (χ0) is 19.2. The van der Waals surface area contributed by atoms with Crippen molar-refractivity contribution in [1.29, 1.82) is 0 Å². The number of nitrogens with zero attached hydrogens (tertiary/aromatic N) is 2. The van der Waals surface area contributed by atoms with E-state index in [0.717, 1.165) is 10.4 Å². The summed E-state index contributed by atoms with van der Waals surface area (Å²) in [5.74, 6) is -0.671. The molecule has 1 heterocycles. The number of anilines is 1. The van der Waals surface area contributed by atoms with Crippen LogP contribution in [0.5, 0.6) is 0 Å². The van der Waals surface area contributed by atoms with Crippen molar-refractivity contribution in [2.75, 3.05) is 5.32 Å². The Bertz CT molecular complexity index is 999. The molecule has 0 bridgehead atoms. The third-order valence-corrected chi connectivity index (χ3v) is 4.50. The third kappa shape index (κ3) is 5.29. The number of nitrogens with one attached hydrogen (secondary N) is 1. The number of thiazole rings is 1. The third-order valence-electron chi connectivity index (χ3n) is 3.58. The predicted molar refractivity (Wildman–Crippen MR) is 102 cm³/mol. The molecular weight excluding hydrogens is 369 g/mol. The number of halogens is 1. The Hall–Kier alpha value is -3.39. The van der Waals surface area contributed by atoms with Crippen molar-refractivity contribution < 1.29 is 14.1 Å². The molecule has 27 heavy (non-hydrogen) atoms. The van der Waals surface area contributed by atoms with Gasteiger partial charge in [0.1, 0.15) is 5.82 Å². The lowest BCUT2D eigenvalue weighted by Gasteiger charge is -1.98. The number of aromatic nitrogens is 1. The predicted octanol–water partition coefficient (Wildman–Crippen LogP) is 4.43. The molecule has 0 aliphatic heterocycles. The molecule has 0 saturated carbocycles. The van der Waals surface area contributed by atoms with E-state index in [1.165, 1.54) is 47.8 Å². The molecule has 0 aliphatic carbocycles. The van der Waals surface area contributed by atoms with Gasteiger partial charge in [-0.05, 0) is 29.3 Å². The molecular formula is C19H14FN3O3S. The van der Waals surface area contributed by atoms with E-state index >= 15 is 0 Å². The van der Waals surface area contributed by atoms with Crippen molar-refractivity contribution in [2.24, 2.45) is 0 Å². The van der Waals surface area contributed by atoms with Gasteiger partial charge in [-0.2, -0.15) is 0 Å². The van der Waals surface area contributed by atoms with Gasteiger partial charge in [0.15, 0.2) is 5.13 Å². The quantitative estimate of drug-likeness (QED) is 0.388. The summed E-state index contributed by atoms with van der Waals surface area (Å²) in [5, 5.41) is 13.9. The summed E-state index contributed by atoms with van der Waals surface area (Å²) in [6.45, 7) is 0. The molecule has 8 heteroatoms. The minimum Gasteiger partial charge on any atom is -0.298 e. The van der Waals surface area contributed by atoms with Crippen LogP contribution in [0.25, 0.3) is 6.08 Å². The van der Waals surface area contributed by atoms with E-state index in [9.17, 15) is 19.3 Å². The smallest absolute Gasteiger partial charge is 0.270 e. The Morgan fingerprint density at radius 2 is 2.04 bits per heavy atom. The monoisotopic (exact) mass is 383 g/mol. The summed E-state index contributed by atoms with van der Waals surface area (Å²) in [5.41, 5.74) is 1.46. The summed E-state index contributed by atoms with van der Waals surface area (Å²) < 4.78 is 12.9. The number of non-ortho nitro benzene ring substituents is 1. The number of rotatable bonds is 6. The van der Waals surface area contributed by atoms with Crippen LogP contribution in [0.15, 0.2) is 60.8 Å². The molecule has 1 aromatic heterocycles. The standard InChI is InChI=1S/C19H14FN3O3S/c20-15-7-4-14(5-8-15)11-17-12-21-19(27-17)22-18(24)9-6-13-2-1-3-16(10-13)23(25)26/h1-10,12H,11H2,(H,21,22,24). The van der Waals surface area contributed by atoms with Crippen molar-refractivity contribution in [2.45, 2.75) is 6.42 Å². The van der Waals surface area contributed by atoms with Crippen molar-refractivity contribution in [3.8, 4) is 0 Å². The molecule has 0 spiro atoms. The molecule has 0 fully saturated rings. The van der Waals surface area contributed by atoms with E-state index in [-0.39, 0.29) is 17.4 Å². The van der Waals surface area contributed by atoms with Crippen LogP contribution in [0, 0.1) is 15.9 Å². The van der Waals surface area contributed by atoms with Crippen LogP contribution in [-0.4, -0.2) is 15.8 Å². The summed E-state index contributed by atoms with van der Waals surface area (Å²) in [7, 11) is 0. The molecule has 3 rings (SSSR count). The van der Waals surface area contributed by atoms with Crippen molar-refractivity contribution >= 4 is 34.1 Å². The average Bonchev–Trinajstić information content (AvgIpc) is 3.09. The van der Waals surface area contributed by atoms with Gasteiger partial charge in [-0.25, -0.2) is 9.37 Å². The summed E-state index contributed by atoms with van der Waals surface area (Å²) in [6, 6.07) is 12.2. The number of nitro groups is 1. The molecule has 1 amide bonds. The van der Waals surface area contributed by atoms with Gasteiger partial charge in [-0.15, -0.1) is 11.3 Å². The fraction of sp³-hybridized carbons (Fsp3) is 0.0526. The first-order valence-corrected chi connectivity index (χ1v) is 8.74. The van der Waals surface area contributed by atoms with Crippen LogP contribution in [0.1, 0.15) is 16.0 Å². The van der Waals surface area contributed by atoms with Crippen LogP contribution in [0.2, 0.25) is 0 Å². The van der Waals surface area contributed by atoms with Crippen LogP contribution in [0.3, 0.4) is 0 Å². The molecule has 136 valence electrons. The molecule has 2 aromatic carbocycles. The van der Waals surface area contributed by atoms with Gasteiger partial charge in [0.05, 0.1) is 4.92 Å². The molecule has 6 nitrogen and oxygen atoms in total. The highest BCUT2D eigenvalue weighted by molar-refractivity contribution is 7.15. The highest BCUT2D eigenvalue weighted by Crippen LogP contribution is 2.21. The van der Waals surface area contributed by atoms with Crippen LogP contribution < -0.4 is 5.32 Å².